The van der Waals surface area contributed by atoms with Crippen LogP contribution in [0.4, 0.5) is 0 Å². The number of hydrogen-bond acceptors (Lipinski definition) is 5. The van der Waals surface area contributed by atoms with Crippen LogP contribution in [0, 0.1) is 19.8 Å². The quantitative estimate of drug-likeness (QED) is 0.800. The molecule has 0 N–H and O–H groups in total. The molecule has 1 fully saturated rings. The second kappa shape index (κ2) is 6.11. The first-order valence-electron chi connectivity index (χ1n) is 6.38. The molecule has 0 unspecified atom stereocenters. The Labute approximate surface area is 123 Å². The minimum atomic E-state index is -3.03. The molecule has 1 saturated heterocycles. The Morgan fingerprint density at radius 3 is 2.79 bits per heavy atom. The second-order valence-corrected chi connectivity index (χ2v) is 9.51. The van der Waals surface area contributed by atoms with Crippen LogP contribution in [0.5, 0.6) is 0 Å². The largest absolute Gasteiger partial charge is 0.235 e. The number of hydrogen-bond donors (Lipinski definition) is 0. The highest BCUT2D eigenvalue weighted by atomic mass is 32.2. The molecule has 0 saturated carbocycles. The zero-order valence-electron chi connectivity index (χ0n) is 11.5. The highest BCUT2D eigenvalue weighted by Gasteiger charge is 2.26. The zero-order valence-corrected chi connectivity index (χ0v) is 14.0. The normalized spacial score (nSPS) is 21.7. The lowest BCUT2D eigenvalue weighted by Crippen LogP contribution is -2.39. The molecule has 7 heteroatoms. The molecule has 0 amide bonds. The Bertz CT molecular complexity index is 520. The third kappa shape index (κ3) is 4.18. The van der Waals surface area contributed by atoms with Crippen molar-refractivity contribution >= 4 is 33.1 Å². The molecule has 1 aliphatic heterocycles. The van der Waals surface area contributed by atoms with Crippen LogP contribution in [0.3, 0.4) is 0 Å². The van der Waals surface area contributed by atoms with Gasteiger partial charge in [0.05, 0.1) is 11.9 Å². The van der Waals surface area contributed by atoms with Crippen LogP contribution in [0.25, 0.3) is 0 Å². The van der Waals surface area contributed by atoms with E-state index in [9.17, 15) is 8.42 Å². The summed E-state index contributed by atoms with van der Waals surface area (Å²) in [4.78, 5) is 5.78. The van der Waals surface area contributed by atoms with Gasteiger partial charge in [-0.15, -0.1) is 11.3 Å². The van der Waals surface area contributed by atoms with Crippen molar-refractivity contribution in [1.29, 1.82) is 0 Å². The fourth-order valence-electron chi connectivity index (χ4n) is 2.16. The SMILES string of the molecule is Cc1nc(SC[C@H]2CCCN(S(C)(=O)=O)C2)sc1C. The van der Waals surface area contributed by atoms with Crippen LogP contribution in [-0.4, -0.2) is 42.8 Å². The standard InChI is InChI=1S/C12H20N2O2S3/c1-9-10(2)18-12(13-9)17-8-11-5-4-6-14(7-11)19(3,15)16/h11H,4-8H2,1-3H3/t11-/m0/s1. The molecule has 0 spiro atoms. The maximum absolute atomic E-state index is 11.6. The van der Waals surface area contributed by atoms with Crippen LogP contribution in [0.2, 0.25) is 0 Å². The summed E-state index contributed by atoms with van der Waals surface area (Å²) >= 11 is 3.49. The van der Waals surface area contributed by atoms with Crippen molar-refractivity contribution < 1.29 is 8.42 Å². The van der Waals surface area contributed by atoms with E-state index in [1.54, 1.807) is 27.4 Å². The highest BCUT2D eigenvalue weighted by Crippen LogP contribution is 2.30. The van der Waals surface area contributed by atoms with E-state index in [0.29, 0.717) is 19.0 Å². The van der Waals surface area contributed by atoms with E-state index in [1.165, 1.54) is 11.1 Å². The van der Waals surface area contributed by atoms with Crippen molar-refractivity contribution in [3.05, 3.63) is 10.6 Å². The van der Waals surface area contributed by atoms with E-state index >= 15 is 0 Å². The Balaban J connectivity index is 1.89. The molecular weight excluding hydrogens is 300 g/mol. The summed E-state index contributed by atoms with van der Waals surface area (Å²) in [7, 11) is -3.03. The average Bonchev–Trinajstić information content (AvgIpc) is 2.66. The van der Waals surface area contributed by atoms with Gasteiger partial charge in [-0.05, 0) is 32.6 Å². The van der Waals surface area contributed by atoms with Crippen molar-refractivity contribution in [2.24, 2.45) is 5.92 Å². The van der Waals surface area contributed by atoms with Crippen molar-refractivity contribution in [2.75, 3.05) is 25.1 Å². The predicted octanol–water partition coefficient (Wildman–Crippen LogP) is 2.52. The van der Waals surface area contributed by atoms with Gasteiger partial charge in [0, 0.05) is 23.7 Å². The van der Waals surface area contributed by atoms with Gasteiger partial charge >= 0.3 is 0 Å². The number of sulfonamides is 1. The molecule has 4 nitrogen and oxygen atoms in total. The van der Waals surface area contributed by atoms with Gasteiger partial charge in [0.15, 0.2) is 0 Å². The fourth-order valence-corrected chi connectivity index (χ4v) is 5.41. The molecule has 19 heavy (non-hydrogen) atoms. The van der Waals surface area contributed by atoms with Gasteiger partial charge < -0.3 is 0 Å². The zero-order chi connectivity index (χ0) is 14.0. The third-order valence-corrected chi connectivity index (χ3v) is 7.12. The average molecular weight is 321 g/mol. The van der Waals surface area contributed by atoms with E-state index in [2.05, 4.69) is 11.9 Å². The number of thioether (sulfide) groups is 1. The number of thiazole rings is 1. The van der Waals surface area contributed by atoms with E-state index in [4.69, 9.17) is 0 Å². The molecule has 1 aliphatic rings. The minimum Gasteiger partial charge on any atom is -0.235 e. The van der Waals surface area contributed by atoms with Gasteiger partial charge in [0.2, 0.25) is 10.0 Å². The van der Waals surface area contributed by atoms with Gasteiger partial charge in [-0.25, -0.2) is 17.7 Å². The van der Waals surface area contributed by atoms with Crippen molar-refractivity contribution in [3.63, 3.8) is 0 Å². The van der Waals surface area contributed by atoms with Crippen molar-refractivity contribution in [3.8, 4) is 0 Å². The second-order valence-electron chi connectivity index (χ2n) is 5.06. The van der Waals surface area contributed by atoms with E-state index in [0.717, 1.165) is 28.6 Å². The number of rotatable bonds is 4. The Kier molecular flexibility index (Phi) is 4.92. The first kappa shape index (κ1) is 15.3. The summed E-state index contributed by atoms with van der Waals surface area (Å²) in [6.07, 6.45) is 3.38. The van der Waals surface area contributed by atoms with E-state index in [1.807, 2.05) is 6.92 Å². The maximum atomic E-state index is 11.6. The highest BCUT2D eigenvalue weighted by molar-refractivity contribution is 8.01. The van der Waals surface area contributed by atoms with Crippen LogP contribution in [0.15, 0.2) is 4.34 Å². The smallest absolute Gasteiger partial charge is 0.211 e. The van der Waals surface area contributed by atoms with Gasteiger partial charge in [-0.3, -0.25) is 0 Å². The van der Waals surface area contributed by atoms with Crippen LogP contribution in [0.1, 0.15) is 23.4 Å². The summed E-state index contributed by atoms with van der Waals surface area (Å²) in [5.74, 6) is 1.40. The molecule has 0 radical (unpaired) electrons. The van der Waals surface area contributed by atoms with Crippen LogP contribution in [-0.2, 0) is 10.0 Å². The van der Waals surface area contributed by atoms with Crippen molar-refractivity contribution in [2.45, 2.75) is 31.0 Å². The summed E-state index contributed by atoms with van der Waals surface area (Å²) in [5, 5.41) is 0. The molecule has 1 aromatic rings. The van der Waals surface area contributed by atoms with Gasteiger partial charge in [-0.2, -0.15) is 0 Å². The first-order chi connectivity index (χ1) is 8.86. The molecule has 0 aliphatic carbocycles. The Morgan fingerprint density at radius 1 is 1.47 bits per heavy atom. The monoisotopic (exact) mass is 320 g/mol. The third-order valence-electron chi connectivity index (χ3n) is 3.40. The lowest BCUT2D eigenvalue weighted by Gasteiger charge is -2.30. The molecule has 108 valence electrons. The number of aromatic nitrogens is 1. The molecule has 0 aromatic carbocycles. The lowest BCUT2D eigenvalue weighted by molar-refractivity contribution is 0.286. The van der Waals surface area contributed by atoms with Gasteiger partial charge in [0.25, 0.3) is 0 Å². The minimum absolute atomic E-state index is 0.443. The molecule has 2 heterocycles. The van der Waals surface area contributed by atoms with Crippen molar-refractivity contribution in [1.82, 2.24) is 9.29 Å². The summed E-state index contributed by atoms with van der Waals surface area (Å²) in [6.45, 7) is 5.45. The predicted molar refractivity (Wildman–Crippen MR) is 81.5 cm³/mol. The van der Waals surface area contributed by atoms with Crippen LogP contribution < -0.4 is 0 Å². The number of nitrogens with zero attached hydrogens (tertiary/aromatic N) is 2. The number of aryl methyl sites for hydroxylation is 2. The number of piperidine rings is 1. The molecule has 1 atom stereocenters. The molecule has 0 bridgehead atoms. The topological polar surface area (TPSA) is 50.3 Å². The van der Waals surface area contributed by atoms with Crippen LogP contribution >= 0.6 is 23.1 Å². The first-order valence-corrected chi connectivity index (χ1v) is 10.0. The van der Waals surface area contributed by atoms with Gasteiger partial charge in [-0.1, -0.05) is 11.8 Å². The molecule has 1 aromatic heterocycles. The Hall–Kier alpha value is -0.110. The summed E-state index contributed by atoms with van der Waals surface area (Å²) < 4.78 is 25.8. The van der Waals surface area contributed by atoms with Gasteiger partial charge in [0.1, 0.15) is 4.34 Å². The molecular formula is C12H20N2O2S3. The summed E-state index contributed by atoms with van der Waals surface area (Å²) in [6, 6.07) is 0. The maximum Gasteiger partial charge on any atom is 0.211 e. The Morgan fingerprint density at radius 2 is 2.21 bits per heavy atom. The summed E-state index contributed by atoms with van der Waals surface area (Å²) in [5.41, 5.74) is 1.11. The van der Waals surface area contributed by atoms with E-state index < -0.39 is 10.0 Å². The fraction of sp³-hybridized carbons (Fsp3) is 0.750. The molecule has 2 rings (SSSR count). The van der Waals surface area contributed by atoms with E-state index in [-0.39, 0.29) is 0 Å². The lowest BCUT2D eigenvalue weighted by atomic mass is 10.0.